The number of hydrogen-bond acceptors (Lipinski definition) is 7. The zero-order valence-electron chi connectivity index (χ0n) is 20.2. The van der Waals surface area contributed by atoms with Gasteiger partial charge in [0, 0.05) is 6.54 Å². The summed E-state index contributed by atoms with van der Waals surface area (Å²) in [5, 5.41) is 9.50. The van der Waals surface area contributed by atoms with Crippen LogP contribution in [0, 0.1) is 0 Å². The number of furan rings is 1. The van der Waals surface area contributed by atoms with E-state index in [0.717, 1.165) is 5.56 Å². The number of halogens is 1. The topological polar surface area (TPSA) is 109 Å². The summed E-state index contributed by atoms with van der Waals surface area (Å²) in [6.07, 6.45) is 4.59. The molecule has 0 atom stereocenters. The van der Waals surface area contributed by atoms with Gasteiger partial charge in [0.25, 0.3) is 0 Å². The van der Waals surface area contributed by atoms with Crippen molar-refractivity contribution in [3.63, 3.8) is 0 Å². The zero-order chi connectivity index (χ0) is 24.8. The van der Waals surface area contributed by atoms with E-state index in [1.165, 1.54) is 16.6 Å². The average Bonchev–Trinajstić information content (AvgIpc) is 3.54. The number of aryl methyl sites for hydroxylation is 2. The van der Waals surface area contributed by atoms with Gasteiger partial charge in [0.1, 0.15) is 18.9 Å². The first-order valence-corrected chi connectivity index (χ1v) is 9.51. The highest BCUT2D eigenvalue weighted by Crippen LogP contribution is 2.23. The van der Waals surface area contributed by atoms with Crippen LogP contribution in [0.1, 0.15) is 17.5 Å². The summed E-state index contributed by atoms with van der Waals surface area (Å²) in [7, 11) is 0. The second kappa shape index (κ2) is 8.05. The summed E-state index contributed by atoms with van der Waals surface area (Å²) in [6, 6.07) is 9.89. The Labute approximate surface area is 181 Å². The molecule has 0 saturated carbocycles. The highest BCUT2D eigenvalue weighted by atomic mass is 19.1. The number of benzene rings is 1. The molecule has 0 aliphatic carbocycles. The quantitative estimate of drug-likeness (QED) is 0.406. The van der Waals surface area contributed by atoms with Crippen molar-refractivity contribution in [1.29, 1.82) is 0 Å². The summed E-state index contributed by atoms with van der Waals surface area (Å²) in [5.74, 6) is 1.12. The van der Waals surface area contributed by atoms with Gasteiger partial charge in [0.2, 0.25) is 11.8 Å². The molecular weight excluding hydrogens is 401 g/mol. The summed E-state index contributed by atoms with van der Waals surface area (Å²) in [4.78, 5) is 8.98. The Morgan fingerprint density at radius 2 is 2.03 bits per heavy atom. The Morgan fingerprint density at radius 1 is 1.16 bits per heavy atom. The normalized spacial score (nSPS) is 14.4. The number of anilines is 1. The highest BCUT2D eigenvalue weighted by Gasteiger charge is 2.17. The van der Waals surface area contributed by atoms with Crippen molar-refractivity contribution >= 4 is 22.6 Å². The molecule has 5 rings (SSSR count). The third-order valence-electron chi connectivity index (χ3n) is 4.80. The van der Waals surface area contributed by atoms with Gasteiger partial charge >= 0.3 is 0 Å². The molecule has 31 heavy (non-hydrogen) atoms. The summed E-state index contributed by atoms with van der Waals surface area (Å²) >= 11 is 0. The maximum absolute atomic E-state index is 13.3. The Bertz CT molecular complexity index is 1480. The number of nitrogens with zero attached hydrogens (tertiary/aromatic N) is 6. The number of aromatic nitrogens is 6. The molecule has 0 bridgehead atoms. The monoisotopic (exact) mass is 425 g/mol. The summed E-state index contributed by atoms with van der Waals surface area (Å²) < 4.78 is 55.3. The fourth-order valence-electron chi connectivity index (χ4n) is 3.37. The lowest BCUT2D eigenvalue weighted by Crippen LogP contribution is -2.06. The largest absolute Gasteiger partial charge is 0.491 e. The van der Waals surface area contributed by atoms with Gasteiger partial charge in [-0.1, -0.05) is 12.1 Å². The van der Waals surface area contributed by atoms with Crippen LogP contribution in [0.25, 0.3) is 28.3 Å². The molecule has 158 valence electrons. The Morgan fingerprint density at radius 3 is 2.81 bits per heavy atom. The number of nitrogen functional groups attached to an aromatic ring is 1. The standard InChI is InChI=1S/C21H20FN7O2/c22-9-12-30-15-7-5-14(6-8-15)3-1-10-28-19-16(13-24-28)20-25-18(17-4-2-11-31-17)27-29(20)21(23)26-19/h2,4-8,11,13H,1,3,9-10,12H2,(H2,23,26)/i9D2,12D2. The molecule has 0 aliphatic rings. The molecule has 1 aromatic carbocycles. The van der Waals surface area contributed by atoms with Crippen LogP contribution in [0.15, 0.2) is 53.3 Å². The van der Waals surface area contributed by atoms with E-state index in [1.807, 2.05) is 0 Å². The molecule has 10 heteroatoms. The van der Waals surface area contributed by atoms with E-state index in [1.54, 1.807) is 41.4 Å². The van der Waals surface area contributed by atoms with Gasteiger partial charge in [-0.2, -0.15) is 14.6 Å². The van der Waals surface area contributed by atoms with Gasteiger partial charge in [0.05, 0.1) is 23.3 Å². The molecule has 0 saturated heterocycles. The number of ether oxygens (including phenoxy) is 1. The SMILES string of the molecule is [2H]C([2H])(F)C([2H])([2H])Oc1ccc(CCCn2ncc3c2nc(N)n2nc(-c4ccco4)nc32)cc1. The molecule has 0 fully saturated rings. The van der Waals surface area contributed by atoms with Gasteiger partial charge in [0.15, 0.2) is 17.1 Å². The van der Waals surface area contributed by atoms with Gasteiger partial charge in [-0.25, -0.2) is 14.1 Å². The van der Waals surface area contributed by atoms with E-state index in [0.29, 0.717) is 47.7 Å². The lowest BCUT2D eigenvalue weighted by Gasteiger charge is -2.06. The fraction of sp³-hybridized carbons (Fsp3) is 0.238. The number of rotatable bonds is 8. The molecule has 0 spiro atoms. The summed E-state index contributed by atoms with van der Waals surface area (Å²) in [6.45, 7) is -6.18. The minimum absolute atomic E-state index is 0.0317. The van der Waals surface area contributed by atoms with E-state index in [9.17, 15) is 4.39 Å². The first kappa shape index (κ1) is 14.9. The van der Waals surface area contributed by atoms with E-state index in [-0.39, 0.29) is 11.7 Å². The molecule has 4 heterocycles. The molecule has 0 unspecified atom stereocenters. The molecule has 0 radical (unpaired) electrons. The van der Waals surface area contributed by atoms with Gasteiger partial charge < -0.3 is 14.9 Å². The van der Waals surface area contributed by atoms with Crippen LogP contribution in [-0.2, 0) is 13.0 Å². The highest BCUT2D eigenvalue weighted by molar-refractivity contribution is 5.90. The molecule has 0 aliphatic heterocycles. The smallest absolute Gasteiger partial charge is 0.225 e. The van der Waals surface area contributed by atoms with Crippen LogP contribution in [-0.4, -0.2) is 42.5 Å². The van der Waals surface area contributed by atoms with Gasteiger partial charge in [-0.05, 0) is 42.7 Å². The van der Waals surface area contributed by atoms with Crippen LogP contribution in [0.2, 0.25) is 0 Å². The van der Waals surface area contributed by atoms with Crippen LogP contribution in [0.3, 0.4) is 0 Å². The molecule has 2 N–H and O–H groups in total. The van der Waals surface area contributed by atoms with E-state index in [2.05, 4.69) is 20.2 Å². The second-order valence-corrected chi connectivity index (χ2v) is 6.77. The van der Waals surface area contributed by atoms with Crippen molar-refractivity contribution < 1.29 is 19.0 Å². The van der Waals surface area contributed by atoms with Crippen LogP contribution in [0.5, 0.6) is 5.75 Å². The van der Waals surface area contributed by atoms with Gasteiger partial charge in [-0.15, -0.1) is 5.10 Å². The van der Waals surface area contributed by atoms with Gasteiger partial charge in [-0.3, -0.25) is 0 Å². The van der Waals surface area contributed by atoms with Crippen LogP contribution >= 0.6 is 0 Å². The van der Waals surface area contributed by atoms with E-state index < -0.39 is 13.2 Å². The predicted octanol–water partition coefficient (Wildman–Crippen LogP) is 3.30. The number of hydrogen-bond donors (Lipinski definition) is 1. The maximum atomic E-state index is 13.3. The van der Waals surface area contributed by atoms with Crippen molar-refractivity contribution in [2.75, 3.05) is 18.9 Å². The van der Waals surface area contributed by atoms with Crippen molar-refractivity contribution in [3.05, 3.63) is 54.4 Å². The van der Waals surface area contributed by atoms with Crippen molar-refractivity contribution in [2.45, 2.75) is 19.4 Å². The summed E-state index contributed by atoms with van der Waals surface area (Å²) in [5.41, 5.74) is 8.16. The fourth-order valence-corrected chi connectivity index (χ4v) is 3.37. The average molecular weight is 425 g/mol. The lowest BCUT2D eigenvalue weighted by atomic mass is 10.1. The van der Waals surface area contributed by atoms with Crippen molar-refractivity contribution in [1.82, 2.24) is 29.4 Å². The molecule has 5 aromatic rings. The number of nitrogens with two attached hydrogens (primary N) is 1. The predicted molar refractivity (Wildman–Crippen MR) is 112 cm³/mol. The number of alkyl halides is 1. The van der Waals surface area contributed by atoms with Crippen LogP contribution in [0.4, 0.5) is 10.3 Å². The second-order valence-electron chi connectivity index (χ2n) is 6.77. The number of fused-ring (bicyclic) bond motifs is 3. The molecule has 4 aromatic heterocycles. The van der Waals surface area contributed by atoms with E-state index in [4.69, 9.17) is 20.4 Å². The maximum Gasteiger partial charge on any atom is 0.225 e. The molecule has 9 nitrogen and oxygen atoms in total. The minimum Gasteiger partial charge on any atom is -0.491 e. The third-order valence-corrected chi connectivity index (χ3v) is 4.80. The minimum atomic E-state index is -3.63. The van der Waals surface area contributed by atoms with E-state index >= 15 is 0 Å². The molecule has 0 amide bonds. The first-order valence-electron chi connectivity index (χ1n) is 11.5. The molecular formula is C21H20FN7O2. The Kier molecular flexibility index (Phi) is 3.88. The van der Waals surface area contributed by atoms with Crippen molar-refractivity contribution in [2.24, 2.45) is 0 Å². The van der Waals surface area contributed by atoms with Crippen LogP contribution < -0.4 is 10.5 Å². The zero-order valence-corrected chi connectivity index (χ0v) is 16.2. The Hall–Kier alpha value is -3.95. The first-order chi connectivity index (χ1) is 16.6. The lowest BCUT2D eigenvalue weighted by molar-refractivity contribution is 0.273. The third kappa shape index (κ3) is 3.67. The Balaban J connectivity index is 1.28. The van der Waals surface area contributed by atoms with Crippen molar-refractivity contribution in [3.8, 4) is 17.3 Å².